The number of hydrogen-bond acceptors (Lipinski definition) is 13. The summed E-state index contributed by atoms with van der Waals surface area (Å²) in [5.74, 6) is -3.96. The number of benzene rings is 3. The Morgan fingerprint density at radius 1 is 0.864 bits per heavy atom. The van der Waals surface area contributed by atoms with E-state index in [9.17, 15) is 50.4 Å². The Morgan fingerprint density at radius 3 is 2.23 bits per heavy atom. The number of rotatable bonds is 7. The Morgan fingerprint density at radius 2 is 1.55 bits per heavy atom. The number of phenols is 5. The SMILES string of the molecule is O=c1cc2oc(-c3cc(O)c(O)c(O)c3)c(O[C@@H]3O[C@H](COC(=[OH+])C=Cc4ccc(O)cc4)[C@H](O)[C@H](O)[C@H]3O)cc-2c(O)c1. The third-order valence-electron chi connectivity index (χ3n) is 6.76. The van der Waals surface area contributed by atoms with Crippen LogP contribution in [0.25, 0.3) is 28.7 Å². The lowest BCUT2D eigenvalue weighted by molar-refractivity contribution is -0.276. The minimum absolute atomic E-state index is 0.0127. The summed E-state index contributed by atoms with van der Waals surface area (Å²) in [4.78, 5) is 22.1. The Bertz CT molecular complexity index is 1700. The number of esters is 1. The van der Waals surface area contributed by atoms with Crippen molar-refractivity contribution >= 4 is 12.0 Å². The van der Waals surface area contributed by atoms with Crippen LogP contribution in [-0.4, -0.2) is 88.9 Å². The molecule has 0 saturated carbocycles. The average Bonchev–Trinajstić information content (AvgIpc) is 2.98. The molecular formula is C30H27O14+. The standard InChI is InChI=1S/C30H26O14/c31-15-4-1-13(2-5-15)3-6-24(36)41-12-23-26(38)27(39)28(40)30(44-23)43-22-11-17-18(33)9-16(32)10-21(17)42-29(22)14-7-19(34)25(37)20(35)8-14/h1-11,23,26-28,30-31,33-35,37-40H,12H2/p+1/t23-,26+,27+,28-,30-/m1/s1. The van der Waals surface area contributed by atoms with Gasteiger partial charge in [-0.05, 0) is 42.0 Å². The highest BCUT2D eigenvalue weighted by atomic mass is 16.7. The molecule has 2 aromatic rings. The number of aliphatic hydroxyl groups is 3. The van der Waals surface area contributed by atoms with Crippen molar-refractivity contribution in [1.82, 2.24) is 0 Å². The Labute approximate surface area is 247 Å². The van der Waals surface area contributed by atoms with Crippen LogP contribution in [-0.2, 0) is 9.47 Å². The zero-order valence-electron chi connectivity index (χ0n) is 22.5. The second-order valence-electron chi connectivity index (χ2n) is 9.86. The number of fused-ring (bicyclic) bond motifs is 1. The molecule has 1 saturated heterocycles. The van der Waals surface area contributed by atoms with Gasteiger partial charge in [-0.15, -0.1) is 0 Å². The fourth-order valence-electron chi connectivity index (χ4n) is 4.44. The van der Waals surface area contributed by atoms with Gasteiger partial charge in [-0.3, -0.25) is 4.79 Å². The van der Waals surface area contributed by atoms with Crippen molar-refractivity contribution in [3.05, 3.63) is 76.5 Å². The van der Waals surface area contributed by atoms with E-state index >= 15 is 0 Å². The van der Waals surface area contributed by atoms with Crippen molar-refractivity contribution in [3.8, 4) is 57.1 Å². The predicted molar refractivity (Wildman–Crippen MR) is 151 cm³/mol. The van der Waals surface area contributed by atoms with Gasteiger partial charge in [-0.2, -0.15) is 0 Å². The molecule has 44 heavy (non-hydrogen) atoms. The smallest absolute Gasteiger partial charge is 0.508 e. The molecule has 9 N–H and O–H groups in total. The normalized spacial score (nSPS) is 21.8. The molecule has 3 aliphatic rings. The van der Waals surface area contributed by atoms with E-state index in [1.807, 2.05) is 0 Å². The summed E-state index contributed by atoms with van der Waals surface area (Å²) in [5, 5.41) is 81.3. The fraction of sp³-hybridized carbons (Fsp3) is 0.200. The molecule has 0 unspecified atom stereocenters. The van der Waals surface area contributed by atoms with E-state index < -0.39 is 71.7 Å². The number of hydrogen-bond donors (Lipinski definition) is 8. The van der Waals surface area contributed by atoms with E-state index in [2.05, 4.69) is 0 Å². The van der Waals surface area contributed by atoms with Crippen molar-refractivity contribution in [2.75, 3.05) is 6.61 Å². The summed E-state index contributed by atoms with van der Waals surface area (Å²) in [6.07, 6.45) is -5.76. The van der Waals surface area contributed by atoms with Crippen LogP contribution < -0.4 is 10.2 Å². The number of aliphatic hydroxyl groups excluding tert-OH is 3. The molecule has 0 radical (unpaired) electrons. The molecule has 5 rings (SSSR count). The molecule has 14 heteroatoms. The van der Waals surface area contributed by atoms with Gasteiger partial charge in [0.25, 0.3) is 0 Å². The van der Waals surface area contributed by atoms with E-state index in [-0.39, 0.29) is 34.1 Å². The lowest BCUT2D eigenvalue weighted by atomic mass is 9.99. The van der Waals surface area contributed by atoms with Crippen LogP contribution in [0.15, 0.2) is 69.9 Å². The first-order chi connectivity index (χ1) is 20.9. The average molecular weight is 612 g/mol. The van der Waals surface area contributed by atoms with E-state index in [1.54, 1.807) is 12.1 Å². The highest BCUT2D eigenvalue weighted by Crippen LogP contribution is 2.45. The molecule has 230 valence electrons. The zero-order chi connectivity index (χ0) is 31.7. The summed E-state index contributed by atoms with van der Waals surface area (Å²) in [5.41, 5.74) is -0.0560. The van der Waals surface area contributed by atoms with Gasteiger partial charge in [0.05, 0.1) is 11.6 Å². The summed E-state index contributed by atoms with van der Waals surface area (Å²) >= 11 is 0. The summed E-state index contributed by atoms with van der Waals surface area (Å²) in [7, 11) is 0. The van der Waals surface area contributed by atoms with Crippen LogP contribution in [0.4, 0.5) is 0 Å². The maximum absolute atomic E-state index is 12.0. The molecule has 0 bridgehead atoms. The molecule has 0 aromatic heterocycles. The van der Waals surface area contributed by atoms with Gasteiger partial charge >= 0.3 is 5.97 Å². The third-order valence-corrected chi connectivity index (χ3v) is 6.76. The molecule has 14 nitrogen and oxygen atoms in total. The number of ether oxygens (including phenoxy) is 3. The quantitative estimate of drug-likeness (QED) is 0.0638. The van der Waals surface area contributed by atoms with Crippen LogP contribution >= 0.6 is 0 Å². The van der Waals surface area contributed by atoms with E-state index in [4.69, 9.17) is 18.6 Å². The number of carbonyl (C=O) groups excluding carboxylic acids is 1. The van der Waals surface area contributed by atoms with Gasteiger partial charge in [-0.1, -0.05) is 12.1 Å². The van der Waals surface area contributed by atoms with Gasteiger partial charge in [0, 0.05) is 17.7 Å². The molecule has 0 amide bonds. The molecule has 1 fully saturated rings. The molecule has 5 atom stereocenters. The van der Waals surface area contributed by atoms with E-state index in [0.29, 0.717) is 5.56 Å². The summed E-state index contributed by atoms with van der Waals surface area (Å²) < 4.78 is 22.5. The third kappa shape index (κ3) is 6.23. The molecule has 2 aromatic carbocycles. The summed E-state index contributed by atoms with van der Waals surface area (Å²) in [6.45, 7) is -0.516. The Balaban J connectivity index is 1.42. The molecular weight excluding hydrogens is 584 g/mol. The van der Waals surface area contributed by atoms with Gasteiger partial charge in [-0.25, -0.2) is 0 Å². The fourth-order valence-corrected chi connectivity index (χ4v) is 4.44. The minimum atomic E-state index is -1.85. The zero-order valence-corrected chi connectivity index (χ0v) is 22.5. The topological polar surface area (TPSA) is 241 Å². The molecule has 1 aliphatic carbocycles. The first-order valence-corrected chi connectivity index (χ1v) is 13.0. The van der Waals surface area contributed by atoms with Crippen LogP contribution in [0.3, 0.4) is 0 Å². The molecule has 0 spiro atoms. The first kappa shape index (κ1) is 30.2. The van der Waals surface area contributed by atoms with Crippen molar-refractivity contribution < 1.29 is 64.3 Å². The minimum Gasteiger partial charge on any atom is -0.508 e. The Kier molecular flexibility index (Phi) is 8.33. The highest BCUT2D eigenvalue weighted by molar-refractivity contribution is 5.88. The van der Waals surface area contributed by atoms with Crippen molar-refractivity contribution in [2.24, 2.45) is 0 Å². The maximum atomic E-state index is 12.0. The van der Waals surface area contributed by atoms with Crippen LogP contribution in [0.2, 0.25) is 0 Å². The van der Waals surface area contributed by atoms with Crippen LogP contribution in [0, 0.1) is 0 Å². The monoisotopic (exact) mass is 611 g/mol. The van der Waals surface area contributed by atoms with E-state index in [0.717, 1.165) is 24.3 Å². The second kappa shape index (κ2) is 12.1. The lowest BCUT2D eigenvalue weighted by Crippen LogP contribution is -2.60. The van der Waals surface area contributed by atoms with Crippen LogP contribution in [0.5, 0.6) is 34.5 Å². The van der Waals surface area contributed by atoms with Crippen molar-refractivity contribution in [1.29, 1.82) is 0 Å². The number of aromatic hydroxyl groups is 5. The van der Waals surface area contributed by atoms with Crippen LogP contribution in [0.1, 0.15) is 5.56 Å². The van der Waals surface area contributed by atoms with E-state index in [1.165, 1.54) is 30.4 Å². The van der Waals surface area contributed by atoms with Gasteiger partial charge in [0.15, 0.2) is 40.3 Å². The molecule has 2 heterocycles. The predicted octanol–water partition coefficient (Wildman–Crippen LogP) is 1.36. The van der Waals surface area contributed by atoms with Gasteiger partial charge in [0.2, 0.25) is 12.9 Å². The second-order valence-corrected chi connectivity index (χ2v) is 9.86. The Hall–Kier alpha value is -5.28. The first-order valence-electron chi connectivity index (χ1n) is 13.0. The lowest BCUT2D eigenvalue weighted by Gasteiger charge is -2.39. The van der Waals surface area contributed by atoms with Gasteiger partial charge < -0.3 is 64.3 Å². The highest BCUT2D eigenvalue weighted by Gasteiger charge is 2.47. The van der Waals surface area contributed by atoms with Crippen molar-refractivity contribution in [3.63, 3.8) is 0 Å². The largest absolute Gasteiger partial charge is 0.510 e. The molecule has 2 aliphatic heterocycles. The van der Waals surface area contributed by atoms with Gasteiger partial charge in [0.1, 0.15) is 35.6 Å². The maximum Gasteiger partial charge on any atom is 0.510 e. The summed E-state index contributed by atoms with van der Waals surface area (Å²) in [6, 6.07) is 11.2. The number of phenolic OH excluding ortho intramolecular Hbond substituents is 5. The van der Waals surface area contributed by atoms with Crippen molar-refractivity contribution in [2.45, 2.75) is 30.7 Å².